The van der Waals surface area contributed by atoms with Crippen molar-refractivity contribution in [2.45, 2.75) is 79.1 Å². The van der Waals surface area contributed by atoms with E-state index in [2.05, 4.69) is 13.8 Å². The summed E-state index contributed by atoms with van der Waals surface area (Å²) < 4.78 is 0. The Labute approximate surface area is 91.5 Å². The second-order valence-electron chi connectivity index (χ2n) is 4.78. The van der Waals surface area contributed by atoms with Gasteiger partial charge in [0.1, 0.15) is 0 Å². The van der Waals surface area contributed by atoms with Crippen LogP contribution in [0.4, 0.5) is 0 Å². The first kappa shape index (κ1) is 14.0. The monoisotopic (exact) mass is 198 g/mol. The van der Waals surface area contributed by atoms with Crippen molar-refractivity contribution in [1.29, 1.82) is 0 Å². The maximum absolute atomic E-state index is 2.36. The van der Waals surface area contributed by atoms with Crippen LogP contribution in [0.3, 0.4) is 0 Å². The lowest BCUT2D eigenvalue weighted by molar-refractivity contribution is 0.346. The van der Waals surface area contributed by atoms with Gasteiger partial charge in [-0.05, 0) is 11.8 Å². The quantitative estimate of drug-likeness (QED) is 0.487. The Kier molecular flexibility index (Phi) is 9.55. The van der Waals surface area contributed by atoms with E-state index >= 15 is 0 Å². The molecule has 0 bridgehead atoms. The fourth-order valence-electron chi connectivity index (χ4n) is 1.92. The molecule has 0 nitrogen and oxygen atoms in total. The van der Waals surface area contributed by atoms with Crippen molar-refractivity contribution in [3.05, 3.63) is 0 Å². The first-order valence-corrected chi connectivity index (χ1v) is 6.79. The van der Waals surface area contributed by atoms with E-state index in [1.54, 1.807) is 0 Å². The van der Waals surface area contributed by atoms with Gasteiger partial charge in [-0.3, -0.25) is 0 Å². The van der Waals surface area contributed by atoms with E-state index in [-0.39, 0.29) is 0 Å². The van der Waals surface area contributed by atoms with Gasteiger partial charge in [0.2, 0.25) is 0 Å². The normalized spacial score (nSPS) is 22.3. The van der Waals surface area contributed by atoms with Crippen molar-refractivity contribution in [3.8, 4) is 0 Å². The number of hydrogen-bond donors (Lipinski definition) is 0. The van der Waals surface area contributed by atoms with Gasteiger partial charge in [-0.15, -0.1) is 0 Å². The molecule has 0 atom stereocenters. The molecule has 0 aromatic carbocycles. The van der Waals surface area contributed by atoms with E-state index in [1.165, 1.54) is 51.4 Å². The predicted molar refractivity (Wildman–Crippen MR) is 66.6 cm³/mol. The summed E-state index contributed by atoms with van der Waals surface area (Å²) in [6, 6.07) is 0. The number of rotatable bonds is 0. The summed E-state index contributed by atoms with van der Waals surface area (Å²) in [6.07, 6.45) is 11.9. The first-order chi connectivity index (χ1) is 6.79. The van der Waals surface area contributed by atoms with Crippen LogP contribution in [0.2, 0.25) is 0 Å². The Morgan fingerprint density at radius 1 is 0.571 bits per heavy atom. The fraction of sp³-hybridized carbons (Fsp3) is 1.00. The third-order valence-corrected chi connectivity index (χ3v) is 3.29. The van der Waals surface area contributed by atoms with Crippen molar-refractivity contribution in [1.82, 2.24) is 0 Å². The van der Waals surface area contributed by atoms with Crippen LogP contribution in [0.15, 0.2) is 0 Å². The molecule has 0 aromatic rings. The summed E-state index contributed by atoms with van der Waals surface area (Å²) >= 11 is 0. The molecule has 0 spiro atoms. The Morgan fingerprint density at radius 2 is 0.929 bits per heavy atom. The van der Waals surface area contributed by atoms with Crippen LogP contribution in [0, 0.1) is 11.8 Å². The van der Waals surface area contributed by atoms with Crippen molar-refractivity contribution in [2.24, 2.45) is 11.8 Å². The van der Waals surface area contributed by atoms with Crippen LogP contribution in [0.25, 0.3) is 0 Å². The van der Waals surface area contributed by atoms with Gasteiger partial charge in [0.05, 0.1) is 0 Å². The molecule has 0 radical (unpaired) electrons. The van der Waals surface area contributed by atoms with Gasteiger partial charge < -0.3 is 0 Å². The molecule has 86 valence electrons. The smallest absolute Gasteiger partial charge is 0.0443 e. The van der Waals surface area contributed by atoms with Gasteiger partial charge in [-0.25, -0.2) is 0 Å². The van der Waals surface area contributed by atoms with E-state index in [4.69, 9.17) is 0 Å². The minimum atomic E-state index is 1.04. The summed E-state index contributed by atoms with van der Waals surface area (Å²) in [5.74, 6) is 2.10. The second-order valence-corrected chi connectivity index (χ2v) is 4.78. The van der Waals surface area contributed by atoms with Gasteiger partial charge in [0, 0.05) is 0 Å². The van der Waals surface area contributed by atoms with Gasteiger partial charge in [-0.1, -0.05) is 79.1 Å². The molecule has 0 unspecified atom stereocenters. The predicted octanol–water partition coefficient (Wildman–Crippen LogP) is 5.42. The largest absolute Gasteiger partial charge is 0.0683 e. The zero-order valence-corrected chi connectivity index (χ0v) is 10.8. The highest BCUT2D eigenvalue weighted by Gasteiger charge is 2.09. The lowest BCUT2D eigenvalue weighted by Gasteiger charge is -2.18. The highest BCUT2D eigenvalue weighted by atomic mass is 14.1. The van der Waals surface area contributed by atoms with Crippen molar-refractivity contribution in [2.75, 3.05) is 0 Å². The maximum atomic E-state index is 2.36. The lowest BCUT2D eigenvalue weighted by atomic mass is 9.88. The molecular weight excluding hydrogens is 168 g/mol. The lowest BCUT2D eigenvalue weighted by Crippen LogP contribution is -2.04. The Hall–Kier alpha value is 0. The van der Waals surface area contributed by atoms with Crippen molar-refractivity contribution in [3.63, 3.8) is 0 Å². The number of hydrogen-bond acceptors (Lipinski definition) is 0. The van der Waals surface area contributed by atoms with Crippen LogP contribution in [-0.2, 0) is 0 Å². The van der Waals surface area contributed by atoms with Crippen LogP contribution >= 0.6 is 0 Å². The maximum Gasteiger partial charge on any atom is -0.0443 e. The summed E-state index contributed by atoms with van der Waals surface area (Å²) in [5.41, 5.74) is 0. The average molecular weight is 198 g/mol. The summed E-state index contributed by atoms with van der Waals surface area (Å²) in [4.78, 5) is 0. The van der Waals surface area contributed by atoms with Crippen molar-refractivity contribution >= 4 is 0 Å². The molecule has 2 aliphatic carbocycles. The molecule has 2 fully saturated rings. The van der Waals surface area contributed by atoms with Crippen LogP contribution in [0.5, 0.6) is 0 Å². The molecule has 0 amide bonds. The molecule has 0 heterocycles. The first-order valence-electron chi connectivity index (χ1n) is 6.79. The Morgan fingerprint density at radius 3 is 1.07 bits per heavy atom. The van der Waals surface area contributed by atoms with E-state index in [0.717, 1.165) is 11.8 Å². The SMILES string of the molecule is CC.CC1CCC1.CC1CCCCC1. The molecular formula is C14H30. The standard InChI is InChI=1S/C7H14.C5H10.C2H6/c1-7-5-3-2-4-6-7;1-5-3-2-4-5;1-2/h7H,2-6H2,1H3;5H,2-4H2,1H3;1-2H3. The fourth-order valence-corrected chi connectivity index (χ4v) is 1.92. The Balaban J connectivity index is 0.000000213. The zero-order chi connectivity index (χ0) is 10.8. The zero-order valence-electron chi connectivity index (χ0n) is 10.8. The van der Waals surface area contributed by atoms with Crippen LogP contribution < -0.4 is 0 Å². The molecule has 2 rings (SSSR count). The van der Waals surface area contributed by atoms with Crippen LogP contribution in [0.1, 0.15) is 79.1 Å². The molecule has 14 heavy (non-hydrogen) atoms. The topological polar surface area (TPSA) is 0 Å². The molecule has 0 saturated heterocycles. The van der Waals surface area contributed by atoms with E-state index in [9.17, 15) is 0 Å². The van der Waals surface area contributed by atoms with E-state index < -0.39 is 0 Å². The van der Waals surface area contributed by atoms with Crippen LogP contribution in [-0.4, -0.2) is 0 Å². The minimum absolute atomic E-state index is 1.04. The molecule has 0 heteroatoms. The second kappa shape index (κ2) is 9.55. The van der Waals surface area contributed by atoms with Crippen molar-refractivity contribution < 1.29 is 0 Å². The minimum Gasteiger partial charge on any atom is -0.0683 e. The molecule has 2 saturated carbocycles. The summed E-state index contributed by atoms with van der Waals surface area (Å²) in [7, 11) is 0. The highest BCUT2D eigenvalue weighted by molar-refractivity contribution is 4.62. The van der Waals surface area contributed by atoms with Gasteiger partial charge in [0.15, 0.2) is 0 Å². The third-order valence-electron chi connectivity index (χ3n) is 3.29. The summed E-state index contributed by atoms with van der Waals surface area (Å²) in [5, 5.41) is 0. The van der Waals surface area contributed by atoms with Gasteiger partial charge >= 0.3 is 0 Å². The molecule has 0 aromatic heterocycles. The Bertz CT molecular complexity index is 96.6. The average Bonchev–Trinajstić information content (AvgIpc) is 2.20. The third kappa shape index (κ3) is 7.41. The highest BCUT2D eigenvalue weighted by Crippen LogP contribution is 2.24. The molecule has 2 aliphatic rings. The molecule has 0 aliphatic heterocycles. The van der Waals surface area contributed by atoms with E-state index in [0.29, 0.717) is 0 Å². The van der Waals surface area contributed by atoms with Gasteiger partial charge in [-0.2, -0.15) is 0 Å². The summed E-state index contributed by atoms with van der Waals surface area (Å²) in [6.45, 7) is 8.67. The molecule has 0 N–H and O–H groups in total. The van der Waals surface area contributed by atoms with E-state index in [1.807, 2.05) is 13.8 Å². The van der Waals surface area contributed by atoms with Gasteiger partial charge in [0.25, 0.3) is 0 Å².